The third-order valence-corrected chi connectivity index (χ3v) is 8.50. The Balaban J connectivity index is 1.41. The Kier molecular flexibility index (Phi) is 7.42. The molecule has 180 valence electrons. The quantitative estimate of drug-likeness (QED) is 0.503. The number of imidazole rings is 1. The van der Waals surface area contributed by atoms with Gasteiger partial charge < -0.3 is 10.2 Å². The number of benzene rings is 2. The number of piperazine rings is 1. The first-order valence-corrected chi connectivity index (χ1v) is 13.5. The van der Waals surface area contributed by atoms with E-state index in [4.69, 9.17) is 0 Å². The van der Waals surface area contributed by atoms with Gasteiger partial charge in [-0.2, -0.15) is 4.31 Å². The van der Waals surface area contributed by atoms with Crippen LogP contribution < -0.4 is 5.32 Å². The summed E-state index contributed by atoms with van der Waals surface area (Å²) in [4.78, 5) is 19.3. The molecule has 34 heavy (non-hydrogen) atoms. The average Bonchev–Trinajstić information content (AvgIpc) is 3.26. The number of carbonyl (C=O) groups excluding carboxylic acids is 1. The van der Waals surface area contributed by atoms with E-state index >= 15 is 0 Å². The first kappa shape index (κ1) is 24.5. The molecule has 0 spiro atoms. The van der Waals surface area contributed by atoms with Crippen LogP contribution in [0.5, 0.6) is 0 Å². The zero-order chi connectivity index (χ0) is 24.3. The molecule has 0 saturated carbocycles. The number of thioether (sulfide) groups is 1. The number of nitrogens with zero attached hydrogens (tertiary/aromatic N) is 4. The number of carbonyl (C=O) groups is 1. The van der Waals surface area contributed by atoms with Crippen LogP contribution in [0.1, 0.15) is 11.1 Å². The van der Waals surface area contributed by atoms with Crippen LogP contribution >= 0.6 is 11.8 Å². The maximum atomic E-state index is 13.0. The third kappa shape index (κ3) is 5.69. The van der Waals surface area contributed by atoms with Crippen molar-refractivity contribution in [3.05, 3.63) is 66.0 Å². The molecule has 1 amide bonds. The standard InChI is InChI=1S/C24H29N5O3S2/c1-18-13-19(2)15-21(14-18)29-8-7-25-24(29)33-17-23(30)26-20-5-4-6-22(16-20)34(31,32)28-11-9-27(3)10-12-28/h4-8,13-16H,9-12,17H2,1-3H3,(H,26,30). The van der Waals surface area contributed by atoms with Crippen molar-refractivity contribution in [1.82, 2.24) is 18.8 Å². The summed E-state index contributed by atoms with van der Waals surface area (Å²) in [6, 6.07) is 12.7. The molecule has 0 aliphatic carbocycles. The first-order valence-electron chi connectivity index (χ1n) is 11.1. The Morgan fingerprint density at radius 1 is 1.06 bits per heavy atom. The molecule has 1 saturated heterocycles. The summed E-state index contributed by atoms with van der Waals surface area (Å²) in [7, 11) is -1.62. The Hall–Kier alpha value is -2.66. The van der Waals surface area contributed by atoms with Crippen LogP contribution in [0.3, 0.4) is 0 Å². The molecular weight excluding hydrogens is 470 g/mol. The summed E-state index contributed by atoms with van der Waals surface area (Å²) in [5.74, 6) is -0.0776. The lowest BCUT2D eigenvalue weighted by Gasteiger charge is -2.31. The molecule has 0 atom stereocenters. The number of hydrogen-bond donors (Lipinski definition) is 1. The highest BCUT2D eigenvalue weighted by Crippen LogP contribution is 2.24. The average molecular weight is 500 g/mol. The summed E-state index contributed by atoms with van der Waals surface area (Å²) in [5, 5.41) is 3.53. The topological polar surface area (TPSA) is 87.5 Å². The van der Waals surface area contributed by atoms with Crippen molar-refractivity contribution >= 4 is 33.4 Å². The number of anilines is 1. The fraction of sp³-hybridized carbons (Fsp3) is 0.333. The van der Waals surface area contributed by atoms with Crippen LogP contribution in [-0.4, -0.2) is 72.1 Å². The molecule has 1 aliphatic rings. The molecule has 1 N–H and O–H groups in total. The maximum absolute atomic E-state index is 13.0. The highest BCUT2D eigenvalue weighted by Gasteiger charge is 2.27. The van der Waals surface area contributed by atoms with Gasteiger partial charge in [-0.15, -0.1) is 0 Å². The summed E-state index contributed by atoms with van der Waals surface area (Å²) >= 11 is 1.33. The van der Waals surface area contributed by atoms with Gasteiger partial charge in [0.05, 0.1) is 10.6 Å². The molecule has 0 radical (unpaired) electrons. The van der Waals surface area contributed by atoms with Crippen molar-refractivity contribution in [2.45, 2.75) is 23.9 Å². The number of likely N-dealkylation sites (N-methyl/N-ethyl adjacent to an activating group) is 1. The molecule has 0 unspecified atom stereocenters. The predicted octanol–water partition coefficient (Wildman–Crippen LogP) is 3.16. The molecule has 8 nitrogen and oxygen atoms in total. The Morgan fingerprint density at radius 2 is 1.76 bits per heavy atom. The predicted molar refractivity (Wildman–Crippen MR) is 135 cm³/mol. The smallest absolute Gasteiger partial charge is 0.243 e. The van der Waals surface area contributed by atoms with E-state index in [0.717, 1.165) is 16.8 Å². The van der Waals surface area contributed by atoms with Crippen LogP contribution in [0, 0.1) is 13.8 Å². The van der Waals surface area contributed by atoms with E-state index in [2.05, 4.69) is 33.4 Å². The third-order valence-electron chi connectivity index (χ3n) is 5.64. The minimum absolute atomic E-state index is 0.150. The fourth-order valence-electron chi connectivity index (χ4n) is 3.92. The highest BCUT2D eigenvalue weighted by molar-refractivity contribution is 7.99. The van der Waals surface area contributed by atoms with E-state index in [-0.39, 0.29) is 16.6 Å². The van der Waals surface area contributed by atoms with Crippen molar-refractivity contribution in [3.8, 4) is 5.69 Å². The molecule has 0 bridgehead atoms. The Labute approximate surface area is 205 Å². The lowest BCUT2D eigenvalue weighted by molar-refractivity contribution is -0.113. The van der Waals surface area contributed by atoms with E-state index in [1.165, 1.54) is 22.1 Å². The number of amides is 1. The van der Waals surface area contributed by atoms with Crippen molar-refractivity contribution in [3.63, 3.8) is 0 Å². The van der Waals surface area contributed by atoms with Crippen molar-refractivity contribution in [2.24, 2.45) is 0 Å². The second kappa shape index (κ2) is 10.3. The van der Waals surface area contributed by atoms with E-state index in [9.17, 15) is 13.2 Å². The van der Waals surface area contributed by atoms with Gasteiger partial charge in [0.2, 0.25) is 15.9 Å². The Morgan fingerprint density at radius 3 is 2.47 bits per heavy atom. The van der Waals surface area contributed by atoms with Gasteiger partial charge in [0.1, 0.15) is 0 Å². The normalized spacial score (nSPS) is 15.4. The minimum atomic E-state index is -3.60. The highest BCUT2D eigenvalue weighted by atomic mass is 32.2. The van der Waals surface area contributed by atoms with Gasteiger partial charge in [-0.1, -0.05) is 23.9 Å². The molecule has 3 aromatic rings. The van der Waals surface area contributed by atoms with E-state index in [1.54, 1.807) is 24.4 Å². The van der Waals surface area contributed by atoms with Crippen LogP contribution in [0.25, 0.3) is 5.69 Å². The van der Waals surface area contributed by atoms with E-state index in [0.29, 0.717) is 37.0 Å². The SMILES string of the molecule is Cc1cc(C)cc(-n2ccnc2SCC(=O)Nc2cccc(S(=O)(=O)N3CCN(C)CC3)c2)c1. The molecule has 1 aromatic heterocycles. The van der Waals surface area contributed by atoms with Crippen molar-refractivity contribution < 1.29 is 13.2 Å². The molecule has 2 heterocycles. The molecule has 1 aliphatic heterocycles. The summed E-state index contributed by atoms with van der Waals surface area (Å²) < 4.78 is 29.5. The molecule has 10 heteroatoms. The molecule has 1 fully saturated rings. The minimum Gasteiger partial charge on any atom is -0.325 e. The molecular formula is C24H29N5O3S2. The van der Waals surface area contributed by atoms with Gasteiger partial charge in [0, 0.05) is 49.9 Å². The summed E-state index contributed by atoms with van der Waals surface area (Å²) in [5.41, 5.74) is 3.77. The van der Waals surface area contributed by atoms with Gasteiger partial charge in [0.15, 0.2) is 5.16 Å². The van der Waals surface area contributed by atoms with Crippen LogP contribution in [-0.2, 0) is 14.8 Å². The number of sulfonamides is 1. The van der Waals surface area contributed by atoms with Crippen LogP contribution in [0.2, 0.25) is 0 Å². The number of nitrogens with one attached hydrogen (secondary N) is 1. The zero-order valence-electron chi connectivity index (χ0n) is 19.6. The summed E-state index contributed by atoms with van der Waals surface area (Å²) in [6.07, 6.45) is 3.59. The number of aryl methyl sites for hydroxylation is 2. The number of hydrogen-bond acceptors (Lipinski definition) is 6. The lowest BCUT2D eigenvalue weighted by atomic mass is 10.1. The number of rotatable bonds is 7. The van der Waals surface area contributed by atoms with Crippen molar-refractivity contribution in [1.29, 1.82) is 0 Å². The Bertz CT molecular complexity index is 1260. The first-order chi connectivity index (χ1) is 16.2. The zero-order valence-corrected chi connectivity index (χ0v) is 21.2. The monoisotopic (exact) mass is 499 g/mol. The van der Waals surface area contributed by atoms with Crippen LogP contribution in [0.15, 0.2) is 64.9 Å². The van der Waals surface area contributed by atoms with Gasteiger partial charge in [-0.3, -0.25) is 9.36 Å². The van der Waals surface area contributed by atoms with Gasteiger partial charge in [-0.05, 0) is 62.4 Å². The second-order valence-corrected chi connectivity index (χ2v) is 11.4. The van der Waals surface area contributed by atoms with Gasteiger partial charge in [0.25, 0.3) is 0 Å². The van der Waals surface area contributed by atoms with E-state index < -0.39 is 10.0 Å². The van der Waals surface area contributed by atoms with Gasteiger partial charge in [-0.25, -0.2) is 13.4 Å². The molecule has 2 aromatic carbocycles. The largest absolute Gasteiger partial charge is 0.325 e. The maximum Gasteiger partial charge on any atom is 0.243 e. The lowest BCUT2D eigenvalue weighted by Crippen LogP contribution is -2.47. The van der Waals surface area contributed by atoms with E-state index in [1.807, 2.05) is 31.7 Å². The molecule has 4 rings (SSSR count). The number of aromatic nitrogens is 2. The van der Waals surface area contributed by atoms with Crippen LogP contribution in [0.4, 0.5) is 5.69 Å². The van der Waals surface area contributed by atoms with Crippen molar-refractivity contribution in [2.75, 3.05) is 44.3 Å². The second-order valence-electron chi connectivity index (χ2n) is 8.50. The van der Waals surface area contributed by atoms with Gasteiger partial charge >= 0.3 is 0 Å². The fourth-order valence-corrected chi connectivity index (χ4v) is 6.16. The summed E-state index contributed by atoms with van der Waals surface area (Å²) in [6.45, 7) is 6.41.